The molecule has 0 amide bonds. The van der Waals surface area contributed by atoms with Gasteiger partial charge in [-0.1, -0.05) is 5.18 Å². The number of H-pyrrole nitrogens is 1. The molecule has 0 saturated carbocycles. The molecular formula is C11H18N5O15P3. The smallest absolute Gasteiger partial charge is 0.387 e. The number of phosphoric ester groups is 1. The molecule has 2 heterocycles. The first-order valence-electron chi connectivity index (χ1n) is 8.59. The topological polar surface area (TPSA) is 309 Å². The summed E-state index contributed by atoms with van der Waals surface area (Å²) in [5, 5.41) is 13.5. The van der Waals surface area contributed by atoms with Crippen LogP contribution in [0, 0.1) is 9.81 Å². The SMILES string of the molecule is C[C@@]1(N=O)[C@H](O)[C@@](CN)(COP(=O)(O)OP(=O)(O)OP(=O)(O)N=O)O[C@H]1n1ccc(=O)[nH]c1=O. The third kappa shape index (κ3) is 5.88. The Morgan fingerprint density at radius 2 is 1.82 bits per heavy atom. The second-order valence-electron chi connectivity index (χ2n) is 6.92. The van der Waals surface area contributed by atoms with Crippen LogP contribution in [-0.2, 0) is 31.6 Å². The second-order valence-corrected chi connectivity index (χ2v) is 11.5. The molecule has 1 fully saturated rings. The molecule has 1 aromatic rings. The molecule has 0 aliphatic carbocycles. The largest absolute Gasteiger partial charge is 0.496 e. The van der Waals surface area contributed by atoms with Crippen molar-refractivity contribution in [1.82, 2.24) is 9.55 Å². The normalized spacial score (nSPS) is 32.3. The molecule has 0 spiro atoms. The summed E-state index contributed by atoms with van der Waals surface area (Å²) in [5.41, 5.74) is -0.776. The van der Waals surface area contributed by atoms with Crippen LogP contribution in [-0.4, -0.2) is 59.7 Å². The highest BCUT2D eigenvalue weighted by Crippen LogP contribution is 2.68. The molecule has 20 nitrogen and oxygen atoms in total. The van der Waals surface area contributed by atoms with Crippen molar-refractivity contribution < 1.29 is 51.4 Å². The molecule has 192 valence electrons. The number of hydrogen-bond donors (Lipinski definition) is 6. The van der Waals surface area contributed by atoms with Crippen molar-refractivity contribution in [2.75, 3.05) is 13.2 Å². The van der Waals surface area contributed by atoms with Gasteiger partial charge in [-0.3, -0.25) is 18.9 Å². The zero-order valence-electron chi connectivity index (χ0n) is 16.8. The Hall–Kier alpha value is -1.79. The van der Waals surface area contributed by atoms with E-state index >= 15 is 0 Å². The molecule has 0 radical (unpaired) electrons. The summed E-state index contributed by atoms with van der Waals surface area (Å²) in [5.74, 6) is 0. The Bertz CT molecular complexity index is 1220. The third-order valence-corrected chi connectivity index (χ3v) is 8.52. The highest BCUT2D eigenvalue weighted by molar-refractivity contribution is 7.67. The average Bonchev–Trinajstić information content (AvgIpc) is 2.94. The van der Waals surface area contributed by atoms with Crippen molar-refractivity contribution in [3.63, 3.8) is 0 Å². The molecule has 3 unspecified atom stereocenters. The number of nitroso groups, excluding NO2 is 2. The third-order valence-electron chi connectivity index (χ3n) is 4.54. The van der Waals surface area contributed by atoms with Gasteiger partial charge in [-0.15, -0.1) is 9.81 Å². The van der Waals surface area contributed by atoms with Crippen molar-refractivity contribution >= 4 is 23.4 Å². The predicted molar refractivity (Wildman–Crippen MR) is 107 cm³/mol. The molecule has 0 bridgehead atoms. The first-order valence-corrected chi connectivity index (χ1v) is 13.1. The number of nitrogens with two attached hydrogens (primary N) is 1. The number of aliphatic hydroxyl groups is 1. The molecule has 1 saturated heterocycles. The van der Waals surface area contributed by atoms with Gasteiger partial charge in [-0.2, -0.15) is 8.62 Å². The Morgan fingerprint density at radius 3 is 2.32 bits per heavy atom. The number of aliphatic hydroxyl groups excluding tert-OH is 1. The number of nitrogens with zero attached hydrogens (tertiary/aromatic N) is 3. The van der Waals surface area contributed by atoms with Crippen LogP contribution in [0.25, 0.3) is 0 Å². The minimum absolute atomic E-state index is 0.666. The van der Waals surface area contributed by atoms with Crippen molar-refractivity contribution in [2.45, 2.75) is 30.4 Å². The van der Waals surface area contributed by atoms with Crippen molar-refractivity contribution in [2.24, 2.45) is 15.9 Å². The maximum Gasteiger partial charge on any atom is 0.496 e. The van der Waals surface area contributed by atoms with E-state index in [0.29, 0.717) is 4.57 Å². The van der Waals surface area contributed by atoms with Gasteiger partial charge in [0.15, 0.2) is 11.8 Å². The van der Waals surface area contributed by atoms with Crippen molar-refractivity contribution in [3.8, 4) is 0 Å². The summed E-state index contributed by atoms with van der Waals surface area (Å²) in [6.45, 7) is -0.983. The van der Waals surface area contributed by atoms with Crippen LogP contribution in [0.3, 0.4) is 0 Å². The molecule has 2 rings (SSSR count). The van der Waals surface area contributed by atoms with E-state index in [9.17, 15) is 48.0 Å². The fourth-order valence-corrected chi connectivity index (χ4v) is 6.16. The molecule has 1 aromatic heterocycles. The number of ether oxygens (including phenoxy) is 1. The van der Waals surface area contributed by atoms with Gasteiger partial charge in [0.05, 0.1) is 6.61 Å². The summed E-state index contributed by atoms with van der Waals surface area (Å²) in [6, 6.07) is 0.879. The van der Waals surface area contributed by atoms with Gasteiger partial charge < -0.3 is 30.3 Å². The van der Waals surface area contributed by atoms with Gasteiger partial charge in [0.25, 0.3) is 5.56 Å². The molecule has 0 aromatic carbocycles. The molecule has 1 aliphatic rings. The van der Waals surface area contributed by atoms with Crippen molar-refractivity contribution in [3.05, 3.63) is 42.9 Å². The zero-order valence-corrected chi connectivity index (χ0v) is 19.4. The number of nitrogens with one attached hydrogen (secondary N) is 1. The first-order chi connectivity index (χ1) is 15.5. The summed E-state index contributed by atoms with van der Waals surface area (Å²) in [6.07, 6.45) is -2.87. The zero-order chi connectivity index (χ0) is 26.2. The van der Waals surface area contributed by atoms with E-state index in [4.69, 9.17) is 15.4 Å². The standard InChI is InChI=1S/C11H18N5O15P3/c1-10(14-20)7(18)11(4-12,29-8(10)16-3-2-6(17)13-9(16)19)5-28-33(24,25)31-34(26,27)30-32(22,23)15-21/h2-3,7-8,18H,4-5,12H2,1H3,(H,22,23)(H,24,25)(H,26,27)(H,13,17,19)/t7-,8+,10+,11+/m0/s1. The molecule has 23 heteroatoms. The fourth-order valence-electron chi connectivity index (χ4n) is 2.96. The quantitative estimate of drug-likeness (QED) is 0.138. The minimum Gasteiger partial charge on any atom is -0.387 e. The predicted octanol–water partition coefficient (Wildman–Crippen LogP) is -1.23. The minimum atomic E-state index is -5.89. The van der Waals surface area contributed by atoms with Gasteiger partial charge in [0, 0.05) is 23.8 Å². The number of hydrogen-bond acceptors (Lipinski definition) is 14. The Labute approximate surface area is 187 Å². The lowest BCUT2D eigenvalue weighted by Crippen LogP contribution is -2.55. The summed E-state index contributed by atoms with van der Waals surface area (Å²) in [4.78, 5) is 76.3. The number of aromatic nitrogens is 2. The monoisotopic (exact) mass is 553 g/mol. The maximum atomic E-state index is 12.1. The number of phosphoric acid groups is 2. The molecular weight excluding hydrogens is 535 g/mol. The fraction of sp³-hybridized carbons (Fsp3) is 0.636. The lowest BCUT2D eigenvalue weighted by Gasteiger charge is -2.31. The molecule has 1 aliphatic heterocycles. The van der Waals surface area contributed by atoms with Crippen LogP contribution < -0.4 is 17.0 Å². The first kappa shape index (κ1) is 28.4. The molecule has 7 atom stereocenters. The van der Waals surface area contributed by atoms with Crippen LogP contribution in [0.15, 0.2) is 32.0 Å². The van der Waals surface area contributed by atoms with Crippen molar-refractivity contribution in [1.29, 1.82) is 0 Å². The summed E-state index contributed by atoms with van der Waals surface area (Å²) in [7, 11) is -17.1. The summed E-state index contributed by atoms with van der Waals surface area (Å²) < 4.78 is 52.5. The van der Waals surface area contributed by atoms with Crippen LogP contribution >= 0.6 is 23.4 Å². The highest BCUT2D eigenvalue weighted by Gasteiger charge is 2.64. The van der Waals surface area contributed by atoms with Crippen LogP contribution in [0.4, 0.5) is 0 Å². The van der Waals surface area contributed by atoms with Gasteiger partial charge in [-0.25, -0.2) is 18.5 Å². The second kappa shape index (κ2) is 9.69. The van der Waals surface area contributed by atoms with E-state index in [1.54, 1.807) is 0 Å². The Kier molecular flexibility index (Phi) is 8.11. The van der Waals surface area contributed by atoms with E-state index in [2.05, 4.69) is 18.3 Å². The maximum absolute atomic E-state index is 12.1. The highest BCUT2D eigenvalue weighted by atomic mass is 31.3. The van der Waals surface area contributed by atoms with E-state index in [-0.39, 0.29) is 0 Å². The Balaban J connectivity index is 2.33. The number of rotatable bonds is 11. The molecule has 7 N–H and O–H groups in total. The van der Waals surface area contributed by atoms with Gasteiger partial charge in [0.1, 0.15) is 11.7 Å². The van der Waals surface area contributed by atoms with Crippen LogP contribution in [0.2, 0.25) is 0 Å². The van der Waals surface area contributed by atoms with Gasteiger partial charge >= 0.3 is 29.1 Å². The molecule has 34 heavy (non-hydrogen) atoms. The lowest BCUT2D eigenvalue weighted by atomic mass is 9.85. The Morgan fingerprint density at radius 1 is 1.21 bits per heavy atom. The van der Waals surface area contributed by atoms with E-state index in [0.717, 1.165) is 19.2 Å². The van der Waals surface area contributed by atoms with E-state index in [1.807, 2.05) is 4.98 Å². The summed E-state index contributed by atoms with van der Waals surface area (Å²) >= 11 is 0. The average molecular weight is 553 g/mol. The van der Waals surface area contributed by atoms with Crippen LogP contribution in [0.5, 0.6) is 0 Å². The van der Waals surface area contributed by atoms with Gasteiger partial charge in [-0.05, 0) is 6.92 Å². The number of aromatic amines is 1. The van der Waals surface area contributed by atoms with Crippen LogP contribution in [0.1, 0.15) is 13.2 Å². The lowest BCUT2D eigenvalue weighted by molar-refractivity contribution is -0.120. The van der Waals surface area contributed by atoms with Gasteiger partial charge in [0.2, 0.25) is 0 Å². The van der Waals surface area contributed by atoms with E-state index < -0.39 is 71.3 Å². The van der Waals surface area contributed by atoms with E-state index in [1.165, 1.54) is 4.95 Å².